The van der Waals surface area contributed by atoms with Crippen molar-refractivity contribution < 1.29 is 0 Å². The van der Waals surface area contributed by atoms with Gasteiger partial charge in [-0.3, -0.25) is 0 Å². The number of aryl methyl sites for hydroxylation is 1. The lowest BCUT2D eigenvalue weighted by Crippen LogP contribution is -2.28. The first-order valence-corrected chi connectivity index (χ1v) is 8.48. The Morgan fingerprint density at radius 2 is 1.57 bits per heavy atom. The molecule has 0 radical (unpaired) electrons. The molecular weight excluding hydrogens is 260 g/mol. The lowest BCUT2D eigenvalue weighted by atomic mass is 10.2. The summed E-state index contributed by atoms with van der Waals surface area (Å²) in [6.07, 6.45) is 6.88. The Morgan fingerprint density at radius 1 is 0.952 bits per heavy atom. The zero-order chi connectivity index (χ0) is 15.7. The third kappa shape index (κ3) is 5.18. The average Bonchev–Trinajstić information content (AvgIpc) is 2.49. The molecule has 21 heavy (non-hydrogen) atoms. The van der Waals surface area contributed by atoms with E-state index in [0.717, 1.165) is 43.4 Å². The minimum atomic E-state index is 0.942. The molecule has 0 saturated carbocycles. The zero-order valence-electron chi connectivity index (χ0n) is 14.5. The molecule has 0 aliphatic heterocycles. The molecule has 1 rings (SSSR count). The molecule has 0 amide bonds. The maximum atomic E-state index is 4.85. The molecule has 0 spiro atoms. The fourth-order valence-corrected chi connectivity index (χ4v) is 2.46. The lowest BCUT2D eigenvalue weighted by Gasteiger charge is -2.26. The Balaban J connectivity index is 3.10. The maximum Gasteiger partial charge on any atom is 0.137 e. The van der Waals surface area contributed by atoms with E-state index in [1.54, 1.807) is 0 Å². The van der Waals surface area contributed by atoms with E-state index in [-0.39, 0.29) is 0 Å². The van der Waals surface area contributed by atoms with Gasteiger partial charge in [-0.1, -0.05) is 33.6 Å². The van der Waals surface area contributed by atoms with Gasteiger partial charge in [-0.25, -0.2) is 9.97 Å². The third-order valence-corrected chi connectivity index (χ3v) is 3.74. The summed E-state index contributed by atoms with van der Waals surface area (Å²) in [6.45, 7) is 11.0. The van der Waals surface area contributed by atoms with Crippen LogP contribution < -0.4 is 10.2 Å². The molecule has 0 unspecified atom stereocenters. The van der Waals surface area contributed by atoms with Gasteiger partial charge in [-0.05, 0) is 26.2 Å². The molecule has 120 valence electrons. The van der Waals surface area contributed by atoms with Gasteiger partial charge in [-0.2, -0.15) is 0 Å². The standard InChI is InChI=1S/C17H32N4/c1-6-9-12-21(13-10-7-2)17-14(4)16(18-5)19-15(20-17)11-8-3/h6-13H2,1-5H3,(H,18,19,20). The molecule has 0 aliphatic rings. The first-order chi connectivity index (χ1) is 10.2. The van der Waals surface area contributed by atoms with Crippen LogP contribution >= 0.6 is 0 Å². The summed E-state index contributed by atoms with van der Waals surface area (Å²) in [4.78, 5) is 11.9. The number of hydrogen-bond donors (Lipinski definition) is 1. The molecule has 4 heteroatoms. The molecule has 4 nitrogen and oxygen atoms in total. The van der Waals surface area contributed by atoms with Crippen LogP contribution in [0.2, 0.25) is 0 Å². The largest absolute Gasteiger partial charge is 0.373 e. The second-order valence-electron chi connectivity index (χ2n) is 5.63. The van der Waals surface area contributed by atoms with Gasteiger partial charge in [0, 0.05) is 32.1 Å². The van der Waals surface area contributed by atoms with E-state index in [2.05, 4.69) is 42.9 Å². The highest BCUT2D eigenvalue weighted by molar-refractivity contribution is 5.58. The van der Waals surface area contributed by atoms with Gasteiger partial charge in [0.25, 0.3) is 0 Å². The monoisotopic (exact) mass is 292 g/mol. The van der Waals surface area contributed by atoms with Crippen molar-refractivity contribution in [1.82, 2.24) is 9.97 Å². The van der Waals surface area contributed by atoms with Crippen molar-refractivity contribution in [3.8, 4) is 0 Å². The number of rotatable bonds is 10. The minimum absolute atomic E-state index is 0.942. The van der Waals surface area contributed by atoms with Crippen molar-refractivity contribution >= 4 is 11.6 Å². The van der Waals surface area contributed by atoms with E-state index in [9.17, 15) is 0 Å². The van der Waals surface area contributed by atoms with Gasteiger partial charge in [0.05, 0.1) is 0 Å². The second kappa shape index (κ2) is 9.59. The topological polar surface area (TPSA) is 41.1 Å². The minimum Gasteiger partial charge on any atom is -0.373 e. The number of aromatic nitrogens is 2. The van der Waals surface area contributed by atoms with Crippen LogP contribution in [0.3, 0.4) is 0 Å². The Morgan fingerprint density at radius 3 is 2.05 bits per heavy atom. The van der Waals surface area contributed by atoms with E-state index >= 15 is 0 Å². The Kier molecular flexibility index (Phi) is 8.09. The van der Waals surface area contributed by atoms with E-state index in [4.69, 9.17) is 4.98 Å². The van der Waals surface area contributed by atoms with Crippen LogP contribution in [-0.4, -0.2) is 30.1 Å². The summed E-state index contributed by atoms with van der Waals surface area (Å²) in [5.41, 5.74) is 1.17. The van der Waals surface area contributed by atoms with E-state index in [1.165, 1.54) is 31.2 Å². The highest BCUT2D eigenvalue weighted by atomic mass is 15.2. The Bertz CT molecular complexity index is 409. The second-order valence-corrected chi connectivity index (χ2v) is 5.63. The van der Waals surface area contributed by atoms with E-state index in [0.29, 0.717) is 0 Å². The first kappa shape index (κ1) is 17.7. The highest BCUT2D eigenvalue weighted by Gasteiger charge is 2.15. The van der Waals surface area contributed by atoms with Crippen LogP contribution in [0.15, 0.2) is 0 Å². The molecular formula is C17H32N4. The van der Waals surface area contributed by atoms with E-state index in [1.807, 2.05) is 7.05 Å². The number of nitrogens with zero attached hydrogens (tertiary/aromatic N) is 3. The van der Waals surface area contributed by atoms with Gasteiger partial charge in [0.15, 0.2) is 0 Å². The van der Waals surface area contributed by atoms with Gasteiger partial charge < -0.3 is 10.2 Å². The number of unbranched alkanes of at least 4 members (excludes halogenated alkanes) is 2. The van der Waals surface area contributed by atoms with Crippen LogP contribution in [0.4, 0.5) is 11.6 Å². The summed E-state index contributed by atoms with van der Waals surface area (Å²) in [5, 5.41) is 3.22. The van der Waals surface area contributed by atoms with Crippen molar-refractivity contribution in [2.24, 2.45) is 0 Å². The van der Waals surface area contributed by atoms with E-state index < -0.39 is 0 Å². The molecule has 0 aromatic carbocycles. The predicted octanol–water partition coefficient (Wildman–Crippen LogP) is 4.19. The van der Waals surface area contributed by atoms with Gasteiger partial charge in [-0.15, -0.1) is 0 Å². The molecule has 0 aliphatic carbocycles. The summed E-state index contributed by atoms with van der Waals surface area (Å²) >= 11 is 0. The zero-order valence-corrected chi connectivity index (χ0v) is 14.5. The summed E-state index contributed by atoms with van der Waals surface area (Å²) in [6, 6.07) is 0. The van der Waals surface area contributed by atoms with Crippen molar-refractivity contribution in [1.29, 1.82) is 0 Å². The van der Waals surface area contributed by atoms with Crippen LogP contribution in [0.1, 0.15) is 64.3 Å². The first-order valence-electron chi connectivity index (χ1n) is 8.48. The molecule has 0 fully saturated rings. The van der Waals surface area contributed by atoms with Crippen LogP contribution in [-0.2, 0) is 6.42 Å². The Labute approximate surface area is 130 Å². The van der Waals surface area contributed by atoms with Crippen molar-refractivity contribution in [2.75, 3.05) is 30.4 Å². The highest BCUT2D eigenvalue weighted by Crippen LogP contribution is 2.24. The molecule has 1 heterocycles. The van der Waals surface area contributed by atoms with Crippen molar-refractivity contribution in [2.45, 2.75) is 66.2 Å². The summed E-state index contributed by atoms with van der Waals surface area (Å²) in [5.74, 6) is 3.06. The van der Waals surface area contributed by atoms with Crippen LogP contribution in [0.5, 0.6) is 0 Å². The van der Waals surface area contributed by atoms with Crippen LogP contribution in [0.25, 0.3) is 0 Å². The predicted molar refractivity (Wildman–Crippen MR) is 92.3 cm³/mol. The molecule has 0 saturated heterocycles. The summed E-state index contributed by atoms with van der Waals surface area (Å²) < 4.78 is 0. The molecule has 1 aromatic heterocycles. The van der Waals surface area contributed by atoms with Gasteiger partial charge in [0.1, 0.15) is 17.5 Å². The molecule has 1 N–H and O–H groups in total. The SMILES string of the molecule is CCCCN(CCCC)c1nc(CCC)nc(NC)c1C. The van der Waals surface area contributed by atoms with Crippen molar-refractivity contribution in [3.05, 3.63) is 11.4 Å². The molecule has 0 bridgehead atoms. The number of anilines is 2. The fourth-order valence-electron chi connectivity index (χ4n) is 2.46. The molecule has 0 atom stereocenters. The normalized spacial score (nSPS) is 10.7. The Hall–Kier alpha value is -1.32. The summed E-state index contributed by atoms with van der Waals surface area (Å²) in [7, 11) is 1.94. The average molecular weight is 292 g/mol. The number of nitrogens with one attached hydrogen (secondary N) is 1. The maximum absolute atomic E-state index is 4.85. The fraction of sp³-hybridized carbons (Fsp3) is 0.765. The molecule has 1 aromatic rings. The van der Waals surface area contributed by atoms with Crippen LogP contribution in [0, 0.1) is 6.92 Å². The third-order valence-electron chi connectivity index (χ3n) is 3.74. The lowest BCUT2D eigenvalue weighted by molar-refractivity contribution is 0.665. The quantitative estimate of drug-likeness (QED) is 0.702. The van der Waals surface area contributed by atoms with Gasteiger partial charge in [0.2, 0.25) is 0 Å². The van der Waals surface area contributed by atoms with Gasteiger partial charge >= 0.3 is 0 Å². The smallest absolute Gasteiger partial charge is 0.137 e. The van der Waals surface area contributed by atoms with Crippen molar-refractivity contribution in [3.63, 3.8) is 0 Å². The number of hydrogen-bond acceptors (Lipinski definition) is 4.